The molecule has 0 fully saturated rings. The highest BCUT2D eigenvalue weighted by Gasteiger charge is 2.00. The molecule has 2 rings (SSSR count). The summed E-state index contributed by atoms with van der Waals surface area (Å²) >= 11 is 4.23. The number of hydrogen-bond acceptors (Lipinski definition) is 2. The van der Waals surface area contributed by atoms with Crippen LogP contribution in [0.4, 0.5) is 5.69 Å². The van der Waals surface area contributed by atoms with Crippen LogP contribution < -0.4 is 5.73 Å². The van der Waals surface area contributed by atoms with Crippen LogP contribution in [-0.4, -0.2) is 4.98 Å². The van der Waals surface area contributed by atoms with E-state index < -0.39 is 0 Å². The average molecular weight is 178 g/mol. The quantitative estimate of drug-likeness (QED) is 0.454. The third-order valence-electron chi connectivity index (χ3n) is 1.96. The Morgan fingerprint density at radius 3 is 3.00 bits per heavy atom. The Labute approximate surface area is 76.2 Å². The lowest BCUT2D eigenvalue weighted by Gasteiger charge is -1.95. The fourth-order valence-corrected chi connectivity index (χ4v) is 1.59. The van der Waals surface area contributed by atoms with Crippen LogP contribution in [0.2, 0.25) is 0 Å². The number of hydrogen-bond donors (Lipinski definition) is 3. The van der Waals surface area contributed by atoms with Gasteiger partial charge < -0.3 is 10.7 Å². The summed E-state index contributed by atoms with van der Waals surface area (Å²) in [6, 6.07) is 5.84. The third-order valence-corrected chi connectivity index (χ3v) is 2.30. The summed E-state index contributed by atoms with van der Waals surface area (Å²) in [6.07, 6.45) is 1.97. The van der Waals surface area contributed by atoms with Crippen molar-refractivity contribution in [3.63, 3.8) is 0 Å². The Morgan fingerprint density at radius 1 is 1.42 bits per heavy atom. The molecular formula is C9H10N2S. The first kappa shape index (κ1) is 7.55. The molecule has 0 aliphatic heterocycles. The van der Waals surface area contributed by atoms with Gasteiger partial charge in [0.1, 0.15) is 0 Å². The number of aromatic amines is 1. The van der Waals surface area contributed by atoms with Crippen molar-refractivity contribution in [3.05, 3.63) is 30.0 Å². The Hall–Kier alpha value is -1.09. The molecule has 1 heterocycles. The van der Waals surface area contributed by atoms with Gasteiger partial charge in [0.05, 0.1) is 0 Å². The van der Waals surface area contributed by atoms with Crippen LogP contribution in [0.1, 0.15) is 5.56 Å². The van der Waals surface area contributed by atoms with E-state index in [1.54, 1.807) is 0 Å². The normalized spacial score (nSPS) is 10.8. The van der Waals surface area contributed by atoms with Crippen LogP contribution in [0.15, 0.2) is 24.4 Å². The first-order chi connectivity index (χ1) is 5.81. The van der Waals surface area contributed by atoms with E-state index in [0.717, 1.165) is 17.0 Å². The lowest BCUT2D eigenvalue weighted by atomic mass is 10.2. The second kappa shape index (κ2) is 2.75. The van der Waals surface area contributed by atoms with E-state index >= 15 is 0 Å². The minimum Gasteiger partial charge on any atom is -0.399 e. The number of rotatable bonds is 1. The second-order valence-corrected chi connectivity index (χ2v) is 3.09. The van der Waals surface area contributed by atoms with E-state index in [9.17, 15) is 0 Å². The van der Waals surface area contributed by atoms with Crippen molar-refractivity contribution in [2.75, 3.05) is 5.73 Å². The van der Waals surface area contributed by atoms with Crippen molar-refractivity contribution in [1.29, 1.82) is 0 Å². The van der Waals surface area contributed by atoms with Crippen LogP contribution >= 0.6 is 12.6 Å². The Bertz CT molecular complexity index is 406. The summed E-state index contributed by atoms with van der Waals surface area (Å²) in [6.45, 7) is 0. The van der Waals surface area contributed by atoms with Gasteiger partial charge in [-0.05, 0) is 23.8 Å². The molecule has 0 amide bonds. The zero-order valence-electron chi connectivity index (χ0n) is 6.54. The summed E-state index contributed by atoms with van der Waals surface area (Å²) in [5.41, 5.74) is 8.78. The molecule has 0 radical (unpaired) electrons. The number of benzene rings is 1. The van der Waals surface area contributed by atoms with E-state index in [2.05, 4.69) is 17.6 Å². The van der Waals surface area contributed by atoms with Gasteiger partial charge >= 0.3 is 0 Å². The second-order valence-electron chi connectivity index (χ2n) is 2.78. The summed E-state index contributed by atoms with van der Waals surface area (Å²) < 4.78 is 0. The SMILES string of the molecule is Nc1ccc2[nH]cc(CS)c2c1. The van der Waals surface area contributed by atoms with E-state index in [-0.39, 0.29) is 0 Å². The first-order valence-corrected chi connectivity index (χ1v) is 4.41. The van der Waals surface area contributed by atoms with Crippen molar-refractivity contribution in [2.24, 2.45) is 0 Å². The maximum absolute atomic E-state index is 5.67. The van der Waals surface area contributed by atoms with Gasteiger partial charge in [0.15, 0.2) is 0 Å². The summed E-state index contributed by atoms with van der Waals surface area (Å²) in [7, 11) is 0. The molecule has 1 aromatic carbocycles. The summed E-state index contributed by atoms with van der Waals surface area (Å²) in [4.78, 5) is 3.16. The molecule has 0 atom stereocenters. The van der Waals surface area contributed by atoms with Crippen LogP contribution in [0.5, 0.6) is 0 Å². The predicted octanol–water partition coefficient (Wildman–Crippen LogP) is 2.18. The smallest absolute Gasteiger partial charge is 0.0458 e. The molecule has 0 spiro atoms. The Morgan fingerprint density at radius 2 is 2.25 bits per heavy atom. The van der Waals surface area contributed by atoms with Gasteiger partial charge in [-0.2, -0.15) is 12.6 Å². The molecule has 12 heavy (non-hydrogen) atoms. The van der Waals surface area contributed by atoms with Crippen LogP contribution in [0.3, 0.4) is 0 Å². The molecule has 3 heteroatoms. The Balaban J connectivity index is 2.75. The number of aromatic nitrogens is 1. The number of anilines is 1. The molecule has 3 N–H and O–H groups in total. The van der Waals surface area contributed by atoms with E-state index in [1.807, 2.05) is 24.4 Å². The molecule has 1 aromatic heterocycles. The molecule has 0 bridgehead atoms. The van der Waals surface area contributed by atoms with E-state index in [1.165, 1.54) is 10.9 Å². The van der Waals surface area contributed by atoms with Crippen molar-refractivity contribution in [2.45, 2.75) is 5.75 Å². The minimum absolute atomic E-state index is 0.740. The monoisotopic (exact) mass is 178 g/mol. The third kappa shape index (κ3) is 1.06. The maximum Gasteiger partial charge on any atom is 0.0458 e. The molecule has 62 valence electrons. The number of nitrogen functional groups attached to an aromatic ring is 1. The van der Waals surface area contributed by atoms with Gasteiger partial charge in [-0.15, -0.1) is 0 Å². The topological polar surface area (TPSA) is 41.8 Å². The van der Waals surface area contributed by atoms with Gasteiger partial charge in [0, 0.05) is 28.5 Å². The highest BCUT2D eigenvalue weighted by molar-refractivity contribution is 7.79. The van der Waals surface area contributed by atoms with Gasteiger partial charge in [-0.3, -0.25) is 0 Å². The minimum atomic E-state index is 0.740. The van der Waals surface area contributed by atoms with Crippen molar-refractivity contribution in [1.82, 2.24) is 4.98 Å². The fraction of sp³-hybridized carbons (Fsp3) is 0.111. The standard InChI is InChI=1S/C9H10N2S/c10-7-1-2-9-8(3-7)6(5-12)4-11-9/h1-4,11-12H,5,10H2. The molecule has 0 unspecified atom stereocenters. The number of thiol groups is 1. The van der Waals surface area contributed by atoms with Gasteiger partial charge in [0.25, 0.3) is 0 Å². The highest BCUT2D eigenvalue weighted by Crippen LogP contribution is 2.21. The number of fused-ring (bicyclic) bond motifs is 1. The van der Waals surface area contributed by atoms with E-state index in [4.69, 9.17) is 5.73 Å². The van der Waals surface area contributed by atoms with Gasteiger partial charge in [-0.1, -0.05) is 0 Å². The van der Waals surface area contributed by atoms with Crippen molar-refractivity contribution >= 4 is 29.2 Å². The fourth-order valence-electron chi connectivity index (χ4n) is 1.33. The number of nitrogens with two attached hydrogens (primary N) is 1. The number of H-pyrrole nitrogens is 1. The molecule has 0 aliphatic carbocycles. The van der Waals surface area contributed by atoms with Crippen molar-refractivity contribution in [3.8, 4) is 0 Å². The predicted molar refractivity (Wildman–Crippen MR) is 55.4 cm³/mol. The molecule has 0 saturated heterocycles. The van der Waals surface area contributed by atoms with Crippen LogP contribution in [0.25, 0.3) is 10.9 Å². The zero-order valence-corrected chi connectivity index (χ0v) is 7.44. The molecule has 2 nitrogen and oxygen atoms in total. The first-order valence-electron chi connectivity index (χ1n) is 3.77. The highest BCUT2D eigenvalue weighted by atomic mass is 32.1. The lowest BCUT2D eigenvalue weighted by Crippen LogP contribution is -1.83. The largest absolute Gasteiger partial charge is 0.399 e. The van der Waals surface area contributed by atoms with Gasteiger partial charge in [0.2, 0.25) is 0 Å². The maximum atomic E-state index is 5.67. The number of nitrogens with one attached hydrogen (secondary N) is 1. The van der Waals surface area contributed by atoms with Crippen LogP contribution in [0, 0.1) is 0 Å². The molecule has 0 saturated carbocycles. The van der Waals surface area contributed by atoms with Crippen molar-refractivity contribution < 1.29 is 0 Å². The van der Waals surface area contributed by atoms with E-state index in [0.29, 0.717) is 0 Å². The molecule has 2 aromatic rings. The van der Waals surface area contributed by atoms with Gasteiger partial charge in [-0.25, -0.2) is 0 Å². The zero-order chi connectivity index (χ0) is 8.55. The van der Waals surface area contributed by atoms with Crippen LogP contribution in [-0.2, 0) is 5.75 Å². The molecular weight excluding hydrogens is 168 g/mol. The molecule has 0 aliphatic rings. The Kier molecular flexibility index (Phi) is 1.73. The summed E-state index contributed by atoms with van der Waals surface area (Å²) in [5, 5.41) is 1.17. The average Bonchev–Trinajstić information content (AvgIpc) is 2.46. The summed E-state index contributed by atoms with van der Waals surface area (Å²) in [5.74, 6) is 0.740. The lowest BCUT2D eigenvalue weighted by molar-refractivity contribution is 1.41.